The lowest BCUT2D eigenvalue weighted by Crippen LogP contribution is -2.21. The molecule has 3 rings (SSSR count). The monoisotopic (exact) mass is 326 g/mol. The summed E-state index contributed by atoms with van der Waals surface area (Å²) in [5, 5.41) is 4.60. The predicted molar refractivity (Wildman–Crippen MR) is 98.4 cm³/mol. The number of likely N-dealkylation sites (N-methyl/N-ethyl adjacent to an activating group) is 1. The molecule has 4 nitrogen and oxygen atoms in total. The molecule has 0 unspecified atom stereocenters. The number of hydrogen-bond acceptors (Lipinski definition) is 5. The molecule has 0 saturated heterocycles. The molecular formula is C18H22N4S. The van der Waals surface area contributed by atoms with Crippen LogP contribution in [0.1, 0.15) is 16.3 Å². The summed E-state index contributed by atoms with van der Waals surface area (Å²) in [6.07, 6.45) is 0.760. The van der Waals surface area contributed by atoms with E-state index in [2.05, 4.69) is 61.6 Å². The van der Waals surface area contributed by atoms with E-state index in [1.165, 1.54) is 10.4 Å². The van der Waals surface area contributed by atoms with Crippen molar-refractivity contribution in [1.29, 1.82) is 0 Å². The molecule has 0 fully saturated rings. The quantitative estimate of drug-likeness (QED) is 0.752. The lowest BCUT2D eigenvalue weighted by atomic mass is 10.1. The number of benzene rings is 1. The number of fused-ring (bicyclic) bond motifs is 1. The zero-order chi connectivity index (χ0) is 16.2. The molecule has 1 aromatic carbocycles. The summed E-state index contributed by atoms with van der Waals surface area (Å²) in [4.78, 5) is 14.0. The fourth-order valence-electron chi connectivity index (χ4n) is 2.48. The van der Waals surface area contributed by atoms with Crippen molar-refractivity contribution in [1.82, 2.24) is 14.9 Å². The molecule has 5 heteroatoms. The third kappa shape index (κ3) is 4.06. The van der Waals surface area contributed by atoms with Crippen molar-refractivity contribution in [3.05, 3.63) is 52.7 Å². The van der Waals surface area contributed by atoms with E-state index >= 15 is 0 Å². The second kappa shape index (κ2) is 7.06. The average molecular weight is 326 g/mol. The lowest BCUT2D eigenvalue weighted by Gasteiger charge is -2.12. The highest BCUT2D eigenvalue weighted by molar-refractivity contribution is 7.18. The molecule has 0 atom stereocenters. The van der Waals surface area contributed by atoms with Gasteiger partial charge < -0.3 is 10.2 Å². The van der Waals surface area contributed by atoms with Crippen molar-refractivity contribution in [2.24, 2.45) is 0 Å². The van der Waals surface area contributed by atoms with Crippen molar-refractivity contribution in [2.75, 3.05) is 32.5 Å². The van der Waals surface area contributed by atoms with Crippen LogP contribution in [0.25, 0.3) is 10.2 Å². The van der Waals surface area contributed by atoms with Gasteiger partial charge in [-0.2, -0.15) is 0 Å². The minimum atomic E-state index is 0.760. The van der Waals surface area contributed by atoms with E-state index in [0.717, 1.165) is 41.4 Å². The van der Waals surface area contributed by atoms with E-state index in [0.29, 0.717) is 0 Å². The largest absolute Gasteiger partial charge is 0.368 e. The number of nitrogens with one attached hydrogen (secondary N) is 1. The van der Waals surface area contributed by atoms with Crippen LogP contribution in [0.2, 0.25) is 0 Å². The van der Waals surface area contributed by atoms with Crippen molar-refractivity contribution in [3.8, 4) is 0 Å². The maximum atomic E-state index is 4.77. The van der Waals surface area contributed by atoms with Crippen LogP contribution in [0, 0.1) is 6.92 Å². The third-order valence-electron chi connectivity index (χ3n) is 3.62. The molecule has 0 aliphatic carbocycles. The molecule has 0 radical (unpaired) electrons. The van der Waals surface area contributed by atoms with Gasteiger partial charge in [0.05, 0.1) is 5.39 Å². The number of rotatable bonds is 6. The number of nitrogens with zero attached hydrogens (tertiary/aromatic N) is 3. The van der Waals surface area contributed by atoms with Gasteiger partial charge in [-0.3, -0.25) is 0 Å². The molecule has 3 aromatic rings. The normalized spacial score (nSPS) is 11.3. The second-order valence-corrected chi connectivity index (χ2v) is 7.19. The van der Waals surface area contributed by atoms with Crippen molar-refractivity contribution >= 4 is 27.4 Å². The molecule has 0 aliphatic rings. The van der Waals surface area contributed by atoms with E-state index in [-0.39, 0.29) is 0 Å². The second-order valence-electron chi connectivity index (χ2n) is 5.96. The summed E-state index contributed by atoms with van der Waals surface area (Å²) in [5.74, 6) is 1.82. The molecule has 23 heavy (non-hydrogen) atoms. The van der Waals surface area contributed by atoms with Gasteiger partial charge >= 0.3 is 0 Å². The van der Waals surface area contributed by atoms with Crippen LogP contribution < -0.4 is 5.32 Å². The van der Waals surface area contributed by atoms with Gasteiger partial charge in [0, 0.05) is 24.4 Å². The zero-order valence-electron chi connectivity index (χ0n) is 13.8. The van der Waals surface area contributed by atoms with Gasteiger partial charge in [0.2, 0.25) is 0 Å². The van der Waals surface area contributed by atoms with E-state index in [1.807, 2.05) is 6.07 Å². The highest BCUT2D eigenvalue weighted by atomic mass is 32.1. The fourth-order valence-corrected chi connectivity index (χ4v) is 3.37. The smallest absolute Gasteiger partial charge is 0.138 e. The molecule has 0 spiro atoms. The van der Waals surface area contributed by atoms with Crippen LogP contribution in [0.3, 0.4) is 0 Å². The topological polar surface area (TPSA) is 41.0 Å². The SMILES string of the molecule is Cc1cc2c(NCCN(C)C)nc(Cc3ccccc3)nc2s1. The summed E-state index contributed by atoms with van der Waals surface area (Å²) < 4.78 is 0. The minimum absolute atomic E-state index is 0.760. The van der Waals surface area contributed by atoms with Gasteiger partial charge in [-0.05, 0) is 32.6 Å². The summed E-state index contributed by atoms with van der Waals surface area (Å²) >= 11 is 1.73. The van der Waals surface area contributed by atoms with E-state index in [4.69, 9.17) is 9.97 Å². The van der Waals surface area contributed by atoms with Crippen LogP contribution in [0.5, 0.6) is 0 Å². The van der Waals surface area contributed by atoms with Gasteiger partial charge in [-0.25, -0.2) is 9.97 Å². The van der Waals surface area contributed by atoms with Crippen LogP contribution in [-0.2, 0) is 6.42 Å². The maximum absolute atomic E-state index is 4.77. The summed E-state index contributed by atoms with van der Waals surface area (Å²) in [5.41, 5.74) is 1.24. The first-order valence-electron chi connectivity index (χ1n) is 7.81. The Morgan fingerprint density at radius 3 is 2.65 bits per heavy atom. The summed E-state index contributed by atoms with van der Waals surface area (Å²) in [7, 11) is 4.15. The lowest BCUT2D eigenvalue weighted by molar-refractivity contribution is 0.425. The van der Waals surface area contributed by atoms with Gasteiger partial charge in [0.25, 0.3) is 0 Å². The minimum Gasteiger partial charge on any atom is -0.368 e. The van der Waals surface area contributed by atoms with E-state index < -0.39 is 0 Å². The van der Waals surface area contributed by atoms with Crippen LogP contribution in [-0.4, -0.2) is 42.1 Å². The first-order valence-corrected chi connectivity index (χ1v) is 8.63. The predicted octanol–water partition coefficient (Wildman–Crippen LogP) is 3.56. The molecule has 120 valence electrons. The Bertz CT molecular complexity index is 780. The fraction of sp³-hybridized carbons (Fsp3) is 0.333. The third-order valence-corrected chi connectivity index (χ3v) is 4.56. The van der Waals surface area contributed by atoms with Gasteiger partial charge in [-0.1, -0.05) is 30.3 Å². The summed E-state index contributed by atoms with van der Waals surface area (Å²) in [6.45, 7) is 3.97. The Labute approximate surface area is 141 Å². The highest BCUT2D eigenvalue weighted by Crippen LogP contribution is 2.28. The molecule has 0 bridgehead atoms. The molecule has 1 N–H and O–H groups in total. The van der Waals surface area contributed by atoms with Crippen molar-refractivity contribution < 1.29 is 0 Å². The van der Waals surface area contributed by atoms with E-state index in [9.17, 15) is 0 Å². The van der Waals surface area contributed by atoms with Crippen molar-refractivity contribution in [2.45, 2.75) is 13.3 Å². The Hall–Kier alpha value is -1.98. The number of thiophene rings is 1. The molecule has 0 amide bonds. The van der Waals surface area contributed by atoms with Gasteiger partial charge in [0.15, 0.2) is 0 Å². The number of aromatic nitrogens is 2. The van der Waals surface area contributed by atoms with E-state index in [1.54, 1.807) is 11.3 Å². The molecule has 2 heterocycles. The standard InChI is InChI=1S/C18H22N4S/c1-13-11-15-17(19-9-10-22(2)3)20-16(21-18(15)23-13)12-14-7-5-4-6-8-14/h4-8,11H,9-10,12H2,1-3H3,(H,19,20,21). The first kappa shape index (κ1) is 15.9. The Morgan fingerprint density at radius 1 is 1.13 bits per heavy atom. The van der Waals surface area contributed by atoms with Gasteiger partial charge in [0.1, 0.15) is 16.5 Å². The summed E-state index contributed by atoms with van der Waals surface area (Å²) in [6, 6.07) is 12.5. The Morgan fingerprint density at radius 2 is 1.91 bits per heavy atom. The number of hydrogen-bond donors (Lipinski definition) is 1. The maximum Gasteiger partial charge on any atom is 0.138 e. The zero-order valence-corrected chi connectivity index (χ0v) is 14.7. The first-order chi connectivity index (χ1) is 11.1. The Balaban J connectivity index is 1.89. The Kier molecular flexibility index (Phi) is 4.88. The van der Waals surface area contributed by atoms with Crippen molar-refractivity contribution in [3.63, 3.8) is 0 Å². The number of anilines is 1. The average Bonchev–Trinajstić information content (AvgIpc) is 2.88. The molecule has 0 saturated carbocycles. The highest BCUT2D eigenvalue weighted by Gasteiger charge is 2.11. The van der Waals surface area contributed by atoms with Crippen LogP contribution in [0.4, 0.5) is 5.82 Å². The molecular weight excluding hydrogens is 304 g/mol. The molecule has 0 aliphatic heterocycles. The van der Waals surface area contributed by atoms with Gasteiger partial charge in [-0.15, -0.1) is 11.3 Å². The molecule has 2 aromatic heterocycles. The number of aryl methyl sites for hydroxylation is 1. The van der Waals surface area contributed by atoms with Crippen LogP contribution in [0.15, 0.2) is 36.4 Å². The van der Waals surface area contributed by atoms with Crippen LogP contribution >= 0.6 is 11.3 Å².